The second kappa shape index (κ2) is 16.0. The second-order valence-corrected chi connectivity index (χ2v) is 13.8. The summed E-state index contributed by atoms with van der Waals surface area (Å²) >= 11 is 0. The average molecular weight is 739 g/mol. The Morgan fingerprint density at radius 2 is 1.66 bits per heavy atom. The van der Waals surface area contributed by atoms with Crippen molar-refractivity contribution in [3.8, 4) is 0 Å². The molecule has 3 aromatic rings. The lowest BCUT2D eigenvalue weighted by Gasteiger charge is -2.45. The first kappa shape index (κ1) is 38.7. The molecular weight excluding hydrogens is 697 g/mol. The molecule has 6 amide bonds. The molecule has 0 bridgehead atoms. The van der Waals surface area contributed by atoms with Crippen molar-refractivity contribution < 1.29 is 46.6 Å². The number of carbonyl (C=O) groups excluding carboxylic acids is 5. The van der Waals surface area contributed by atoms with Gasteiger partial charge in [0.25, 0.3) is 11.8 Å². The first-order chi connectivity index (χ1) is 25.0. The molecule has 0 unspecified atom stereocenters. The van der Waals surface area contributed by atoms with Crippen LogP contribution in [-0.4, -0.2) is 106 Å². The van der Waals surface area contributed by atoms with E-state index in [0.29, 0.717) is 11.3 Å². The van der Waals surface area contributed by atoms with Gasteiger partial charge in [-0.15, -0.1) is 0 Å². The Morgan fingerprint density at radius 3 is 2.34 bits per heavy atom. The van der Waals surface area contributed by atoms with E-state index in [2.05, 4.69) is 15.6 Å². The molecule has 2 fully saturated rings. The molecule has 2 aliphatic rings. The summed E-state index contributed by atoms with van der Waals surface area (Å²) in [6.07, 6.45) is -4.29. The summed E-state index contributed by atoms with van der Waals surface area (Å²) < 4.78 is 51.8. The fraction of sp³-hybridized carbons (Fsp3) is 0.405. The summed E-state index contributed by atoms with van der Waals surface area (Å²) in [6.45, 7) is 2.46. The van der Waals surface area contributed by atoms with Gasteiger partial charge in [0.2, 0.25) is 5.91 Å². The van der Waals surface area contributed by atoms with E-state index in [1.165, 1.54) is 23.2 Å². The number of urea groups is 1. The number of alkyl halides is 3. The van der Waals surface area contributed by atoms with E-state index in [1.807, 2.05) is 30.3 Å². The van der Waals surface area contributed by atoms with Crippen molar-refractivity contribution in [2.75, 3.05) is 32.8 Å². The zero-order valence-electron chi connectivity index (χ0n) is 29.5. The Morgan fingerprint density at radius 1 is 0.943 bits per heavy atom. The predicted octanol–water partition coefficient (Wildman–Crippen LogP) is 4.07. The van der Waals surface area contributed by atoms with E-state index >= 15 is 0 Å². The molecule has 16 heteroatoms. The summed E-state index contributed by atoms with van der Waals surface area (Å²) in [5.41, 5.74) is -0.697. The largest absolute Gasteiger partial charge is 0.444 e. The van der Waals surface area contributed by atoms with Crippen LogP contribution in [0.4, 0.5) is 22.8 Å². The molecule has 0 saturated carbocycles. The maximum absolute atomic E-state index is 14.3. The third kappa shape index (κ3) is 9.88. The lowest BCUT2D eigenvalue weighted by Crippen LogP contribution is -2.67. The van der Waals surface area contributed by atoms with Crippen molar-refractivity contribution >= 4 is 29.8 Å². The third-order valence-electron chi connectivity index (χ3n) is 8.54. The molecule has 282 valence electrons. The highest BCUT2D eigenvalue weighted by molar-refractivity contribution is 6.08. The number of benzene rings is 2. The SMILES string of the molecule is CC(C)(C)OC(=O)NCc1cccc(C(=O)N[C@H](COCc2ccccc2)C(=O)N2CCN3C(=O)N(CC(F)(F)F)C(=O)[C@]3(Cc3ccccn3)C2)c1. The first-order valence-corrected chi connectivity index (χ1v) is 16.9. The molecule has 2 saturated heterocycles. The van der Waals surface area contributed by atoms with E-state index in [-0.39, 0.29) is 49.7 Å². The van der Waals surface area contributed by atoms with Crippen molar-refractivity contribution in [3.63, 3.8) is 0 Å². The van der Waals surface area contributed by atoms with Crippen LogP contribution in [0.3, 0.4) is 0 Å². The van der Waals surface area contributed by atoms with E-state index in [9.17, 15) is 37.1 Å². The number of carbonyl (C=O) groups is 5. The molecule has 2 atom stereocenters. The van der Waals surface area contributed by atoms with Crippen LogP contribution < -0.4 is 10.6 Å². The van der Waals surface area contributed by atoms with Gasteiger partial charge in [0, 0.05) is 43.5 Å². The maximum atomic E-state index is 14.3. The van der Waals surface area contributed by atoms with Crippen LogP contribution in [0, 0.1) is 0 Å². The van der Waals surface area contributed by atoms with Gasteiger partial charge >= 0.3 is 18.3 Å². The standard InChI is InChI=1S/C37H41F3N6O7/c1-35(2,3)53-33(50)42-20-26-12-9-13-27(18-26)30(47)43-29(22-52-21-25-10-5-4-6-11-25)31(48)44-16-17-46-34(51)45(24-37(38,39)40)32(49)36(46,23-44)19-28-14-7-8-15-41-28/h4-15,18,29H,16-17,19-24H2,1-3H3,(H,42,50)(H,43,47)/t29-,36+/m1/s1. The number of imide groups is 1. The highest BCUT2D eigenvalue weighted by atomic mass is 19.4. The zero-order chi connectivity index (χ0) is 38.4. The number of piperazine rings is 1. The lowest BCUT2D eigenvalue weighted by molar-refractivity contribution is -0.157. The Kier molecular flexibility index (Phi) is 11.7. The number of rotatable bonds is 12. The highest BCUT2D eigenvalue weighted by Crippen LogP contribution is 2.36. The number of nitrogens with one attached hydrogen (secondary N) is 2. The van der Waals surface area contributed by atoms with Crippen LogP contribution in [0.25, 0.3) is 0 Å². The minimum absolute atomic E-state index is 0.0549. The van der Waals surface area contributed by atoms with Crippen molar-refractivity contribution in [2.24, 2.45) is 0 Å². The monoisotopic (exact) mass is 738 g/mol. The third-order valence-corrected chi connectivity index (χ3v) is 8.54. The van der Waals surface area contributed by atoms with E-state index in [0.717, 1.165) is 10.5 Å². The topological polar surface area (TPSA) is 150 Å². The maximum Gasteiger partial charge on any atom is 0.407 e. The Hall–Kier alpha value is -5.51. The molecule has 0 aliphatic carbocycles. The number of ether oxygens (including phenoxy) is 2. The Bertz CT molecular complexity index is 1810. The van der Waals surface area contributed by atoms with Crippen LogP contribution in [0.15, 0.2) is 79.0 Å². The van der Waals surface area contributed by atoms with E-state index in [4.69, 9.17) is 9.47 Å². The lowest BCUT2D eigenvalue weighted by atomic mass is 9.88. The van der Waals surface area contributed by atoms with Gasteiger partial charge in [-0.3, -0.25) is 24.3 Å². The molecule has 5 rings (SSSR count). The zero-order valence-corrected chi connectivity index (χ0v) is 29.5. The Labute approximate surface area is 304 Å². The summed E-state index contributed by atoms with van der Waals surface area (Å²) in [6, 6.07) is 17.9. The van der Waals surface area contributed by atoms with Gasteiger partial charge < -0.3 is 29.9 Å². The highest BCUT2D eigenvalue weighted by Gasteiger charge is 2.61. The quantitative estimate of drug-likeness (QED) is 0.264. The molecule has 0 spiro atoms. The molecule has 2 N–H and O–H groups in total. The number of alkyl carbamates (subject to hydrolysis) is 1. The first-order valence-electron chi connectivity index (χ1n) is 16.9. The molecule has 2 aromatic carbocycles. The predicted molar refractivity (Wildman–Crippen MR) is 184 cm³/mol. The van der Waals surface area contributed by atoms with Crippen LogP contribution in [0.2, 0.25) is 0 Å². The minimum Gasteiger partial charge on any atom is -0.444 e. The fourth-order valence-electron chi connectivity index (χ4n) is 6.21. The normalized spacial score (nSPS) is 18.0. The number of hydrogen-bond donors (Lipinski definition) is 2. The van der Waals surface area contributed by atoms with Crippen LogP contribution in [0.5, 0.6) is 0 Å². The van der Waals surface area contributed by atoms with Crippen LogP contribution >= 0.6 is 0 Å². The number of aromatic nitrogens is 1. The smallest absolute Gasteiger partial charge is 0.407 e. The van der Waals surface area contributed by atoms with Crippen LogP contribution in [0.1, 0.15) is 48.0 Å². The summed E-state index contributed by atoms with van der Waals surface area (Å²) in [5.74, 6) is -2.40. The molecule has 1 aromatic heterocycles. The molecule has 2 aliphatic heterocycles. The van der Waals surface area contributed by atoms with Gasteiger partial charge in [0.15, 0.2) is 0 Å². The fourth-order valence-corrected chi connectivity index (χ4v) is 6.21. The number of pyridine rings is 1. The van der Waals surface area contributed by atoms with Crippen molar-refractivity contribution in [1.82, 2.24) is 30.3 Å². The van der Waals surface area contributed by atoms with Gasteiger partial charge in [-0.1, -0.05) is 48.5 Å². The van der Waals surface area contributed by atoms with Crippen molar-refractivity contribution in [2.45, 2.75) is 63.7 Å². The van der Waals surface area contributed by atoms with E-state index < -0.39 is 66.3 Å². The molecule has 3 heterocycles. The van der Waals surface area contributed by atoms with Gasteiger partial charge in [0.1, 0.15) is 23.7 Å². The Balaban J connectivity index is 1.38. The molecule has 13 nitrogen and oxygen atoms in total. The van der Waals surface area contributed by atoms with Crippen molar-refractivity contribution in [3.05, 3.63) is 101 Å². The minimum atomic E-state index is -4.85. The van der Waals surface area contributed by atoms with Gasteiger partial charge in [-0.05, 0) is 56.2 Å². The summed E-state index contributed by atoms with van der Waals surface area (Å²) in [4.78, 5) is 74.0. The van der Waals surface area contributed by atoms with Gasteiger partial charge in [0.05, 0.1) is 19.8 Å². The number of fused-ring (bicyclic) bond motifs is 1. The van der Waals surface area contributed by atoms with Gasteiger partial charge in [-0.2, -0.15) is 13.2 Å². The molecule has 53 heavy (non-hydrogen) atoms. The summed E-state index contributed by atoms with van der Waals surface area (Å²) in [5, 5.41) is 5.35. The number of halogens is 3. The van der Waals surface area contributed by atoms with Gasteiger partial charge in [-0.25, -0.2) is 9.59 Å². The number of amides is 6. The molecular formula is C37H41F3N6O7. The number of hydrogen-bond acceptors (Lipinski definition) is 8. The van der Waals surface area contributed by atoms with Crippen LogP contribution in [-0.2, 0) is 38.6 Å². The molecule has 0 radical (unpaired) electrons. The number of nitrogens with zero attached hydrogens (tertiary/aromatic N) is 4. The summed E-state index contributed by atoms with van der Waals surface area (Å²) in [7, 11) is 0. The van der Waals surface area contributed by atoms with E-state index in [1.54, 1.807) is 51.1 Å². The van der Waals surface area contributed by atoms with Crippen molar-refractivity contribution in [1.29, 1.82) is 0 Å². The second-order valence-electron chi connectivity index (χ2n) is 13.8. The average Bonchev–Trinajstić information content (AvgIpc) is 3.30.